The Kier molecular flexibility index (Phi) is 6.75. The van der Waals surface area contributed by atoms with Gasteiger partial charge in [0.25, 0.3) is 0 Å². The zero-order valence-electron chi connectivity index (χ0n) is 18.0. The van der Waals surface area contributed by atoms with Gasteiger partial charge in [-0.2, -0.15) is 0 Å². The minimum atomic E-state index is -0.161. The van der Waals surface area contributed by atoms with E-state index in [9.17, 15) is 9.59 Å². The molecule has 0 spiro atoms. The number of aryl methyl sites for hydroxylation is 1. The van der Waals surface area contributed by atoms with Crippen molar-refractivity contribution in [2.75, 3.05) is 7.11 Å². The van der Waals surface area contributed by atoms with E-state index in [1.54, 1.807) is 7.11 Å². The molecule has 0 unspecified atom stereocenters. The molecule has 3 amide bonds. The Bertz CT molecular complexity index is 904. The Labute approximate surface area is 183 Å². The van der Waals surface area contributed by atoms with Crippen LogP contribution in [0.25, 0.3) is 0 Å². The van der Waals surface area contributed by atoms with Gasteiger partial charge in [0.15, 0.2) is 0 Å². The van der Waals surface area contributed by atoms with Gasteiger partial charge in [0.2, 0.25) is 5.91 Å². The van der Waals surface area contributed by atoms with Gasteiger partial charge in [-0.15, -0.1) is 0 Å². The summed E-state index contributed by atoms with van der Waals surface area (Å²) in [6.07, 6.45) is 5.29. The molecule has 0 saturated heterocycles. The van der Waals surface area contributed by atoms with Crippen molar-refractivity contribution in [3.63, 3.8) is 0 Å². The molecule has 4 rings (SSSR count). The summed E-state index contributed by atoms with van der Waals surface area (Å²) in [5.74, 6) is 0.989. The third kappa shape index (κ3) is 5.37. The molecule has 2 aliphatic carbocycles. The summed E-state index contributed by atoms with van der Waals surface area (Å²) >= 11 is 0. The van der Waals surface area contributed by atoms with Gasteiger partial charge in [-0.3, -0.25) is 4.79 Å². The second-order valence-corrected chi connectivity index (χ2v) is 8.52. The molecule has 31 heavy (non-hydrogen) atoms. The highest BCUT2D eigenvalue weighted by Crippen LogP contribution is 2.32. The standard InChI is InChI=1S/C25H31N3O3/c1-31-21-13-6-17(7-14-21)16-26-25(30)27-20-11-8-19(9-12-20)24(29)28-23-15-10-18-4-2-3-5-22(18)23/h2-7,13-14,19-20,23H,8-12,15-16H2,1H3,(H,28,29)(H2,26,27,30)/t19?,20?,23-/m0/s1. The summed E-state index contributed by atoms with van der Waals surface area (Å²) < 4.78 is 5.15. The number of ether oxygens (including phenoxy) is 1. The van der Waals surface area contributed by atoms with Crippen LogP contribution in [0.4, 0.5) is 4.79 Å². The Morgan fingerprint density at radius 1 is 0.935 bits per heavy atom. The van der Waals surface area contributed by atoms with Gasteiger partial charge in [0, 0.05) is 18.5 Å². The molecule has 1 fully saturated rings. The van der Waals surface area contributed by atoms with Crippen LogP contribution in [0, 0.1) is 5.92 Å². The Balaban J connectivity index is 1.18. The number of benzene rings is 2. The third-order valence-corrected chi connectivity index (χ3v) is 6.49. The van der Waals surface area contributed by atoms with Gasteiger partial charge in [-0.25, -0.2) is 4.79 Å². The Hall–Kier alpha value is -3.02. The monoisotopic (exact) mass is 421 g/mol. The van der Waals surface area contributed by atoms with Crippen molar-refractivity contribution < 1.29 is 14.3 Å². The van der Waals surface area contributed by atoms with Crippen LogP contribution in [0.15, 0.2) is 48.5 Å². The minimum absolute atomic E-state index is 0.0353. The quantitative estimate of drug-likeness (QED) is 0.663. The normalized spacial score (nSPS) is 22.3. The first-order valence-electron chi connectivity index (χ1n) is 11.2. The summed E-state index contributed by atoms with van der Waals surface area (Å²) in [5, 5.41) is 9.22. The molecule has 2 aromatic rings. The number of amides is 3. The van der Waals surface area contributed by atoms with Crippen molar-refractivity contribution in [1.29, 1.82) is 0 Å². The molecule has 2 aromatic carbocycles. The second-order valence-electron chi connectivity index (χ2n) is 8.52. The molecule has 2 aliphatic rings. The topological polar surface area (TPSA) is 79.5 Å². The molecule has 6 heteroatoms. The zero-order chi connectivity index (χ0) is 21.6. The second kappa shape index (κ2) is 9.86. The molecule has 0 bridgehead atoms. The minimum Gasteiger partial charge on any atom is -0.497 e. The number of hydrogen-bond acceptors (Lipinski definition) is 3. The summed E-state index contributed by atoms with van der Waals surface area (Å²) in [5.41, 5.74) is 3.63. The van der Waals surface area contributed by atoms with Crippen LogP contribution < -0.4 is 20.7 Å². The predicted molar refractivity (Wildman–Crippen MR) is 120 cm³/mol. The molecule has 0 aliphatic heterocycles. The molecule has 0 heterocycles. The van der Waals surface area contributed by atoms with Crippen molar-refractivity contribution in [2.45, 2.75) is 57.2 Å². The number of carbonyl (C=O) groups is 2. The molecular formula is C25H31N3O3. The van der Waals surface area contributed by atoms with Crippen molar-refractivity contribution >= 4 is 11.9 Å². The van der Waals surface area contributed by atoms with E-state index in [0.717, 1.165) is 49.8 Å². The maximum Gasteiger partial charge on any atom is 0.315 e. The highest BCUT2D eigenvalue weighted by molar-refractivity contribution is 5.79. The fourth-order valence-electron chi connectivity index (χ4n) is 4.66. The summed E-state index contributed by atoms with van der Waals surface area (Å²) in [6, 6.07) is 16.1. The van der Waals surface area contributed by atoms with E-state index in [0.29, 0.717) is 6.54 Å². The number of carbonyl (C=O) groups excluding carboxylic acids is 2. The van der Waals surface area contributed by atoms with Gasteiger partial charge in [0.1, 0.15) is 5.75 Å². The average Bonchev–Trinajstić information content (AvgIpc) is 3.21. The lowest BCUT2D eigenvalue weighted by molar-refractivity contribution is -0.126. The van der Waals surface area contributed by atoms with Crippen LogP contribution in [0.3, 0.4) is 0 Å². The van der Waals surface area contributed by atoms with Crippen molar-refractivity contribution in [3.05, 3.63) is 65.2 Å². The number of methoxy groups -OCH3 is 1. The molecule has 0 radical (unpaired) electrons. The first-order chi connectivity index (χ1) is 15.1. The van der Waals surface area contributed by atoms with Crippen molar-refractivity contribution in [1.82, 2.24) is 16.0 Å². The largest absolute Gasteiger partial charge is 0.497 e. The van der Waals surface area contributed by atoms with Crippen LogP contribution in [0.1, 0.15) is 54.8 Å². The lowest BCUT2D eigenvalue weighted by Gasteiger charge is -2.29. The van der Waals surface area contributed by atoms with E-state index in [-0.39, 0.29) is 29.9 Å². The lowest BCUT2D eigenvalue weighted by atomic mass is 9.85. The first kappa shape index (κ1) is 21.2. The van der Waals surface area contributed by atoms with Gasteiger partial charge >= 0.3 is 6.03 Å². The molecule has 1 atom stereocenters. The van der Waals surface area contributed by atoms with Crippen LogP contribution in [0.2, 0.25) is 0 Å². The van der Waals surface area contributed by atoms with Crippen LogP contribution in [-0.4, -0.2) is 25.1 Å². The Morgan fingerprint density at radius 3 is 2.42 bits per heavy atom. The highest BCUT2D eigenvalue weighted by atomic mass is 16.5. The first-order valence-corrected chi connectivity index (χ1v) is 11.2. The number of rotatable bonds is 6. The van der Waals surface area contributed by atoms with E-state index in [2.05, 4.69) is 34.1 Å². The smallest absolute Gasteiger partial charge is 0.315 e. The summed E-state index contributed by atoms with van der Waals surface area (Å²) in [6.45, 7) is 0.469. The van der Waals surface area contributed by atoms with Crippen molar-refractivity contribution in [3.8, 4) is 5.75 Å². The number of hydrogen-bond donors (Lipinski definition) is 3. The van der Waals surface area contributed by atoms with Crippen LogP contribution in [0.5, 0.6) is 5.75 Å². The summed E-state index contributed by atoms with van der Waals surface area (Å²) in [7, 11) is 1.63. The van der Waals surface area contributed by atoms with Gasteiger partial charge in [0.05, 0.1) is 13.2 Å². The maximum atomic E-state index is 12.8. The zero-order valence-corrected chi connectivity index (χ0v) is 18.0. The van der Waals surface area contributed by atoms with E-state index in [1.807, 2.05) is 30.3 Å². The third-order valence-electron chi connectivity index (χ3n) is 6.49. The molecule has 3 N–H and O–H groups in total. The maximum absolute atomic E-state index is 12.8. The van der Waals surface area contributed by atoms with Gasteiger partial charge in [-0.1, -0.05) is 36.4 Å². The molecule has 0 aromatic heterocycles. The average molecular weight is 422 g/mol. The lowest BCUT2D eigenvalue weighted by Crippen LogP contribution is -2.45. The predicted octanol–water partition coefficient (Wildman–Crippen LogP) is 3.86. The molecular weight excluding hydrogens is 390 g/mol. The van der Waals surface area contributed by atoms with E-state index < -0.39 is 0 Å². The van der Waals surface area contributed by atoms with Gasteiger partial charge < -0.3 is 20.7 Å². The van der Waals surface area contributed by atoms with Crippen molar-refractivity contribution in [2.24, 2.45) is 5.92 Å². The summed E-state index contributed by atoms with van der Waals surface area (Å²) in [4.78, 5) is 25.0. The van der Waals surface area contributed by atoms with Gasteiger partial charge in [-0.05, 0) is 67.3 Å². The number of fused-ring (bicyclic) bond motifs is 1. The molecule has 1 saturated carbocycles. The van der Waals surface area contributed by atoms with Crippen LogP contribution >= 0.6 is 0 Å². The van der Waals surface area contributed by atoms with E-state index in [4.69, 9.17) is 4.74 Å². The van der Waals surface area contributed by atoms with E-state index >= 15 is 0 Å². The number of urea groups is 1. The number of nitrogens with one attached hydrogen (secondary N) is 3. The van der Waals surface area contributed by atoms with Crippen LogP contribution in [-0.2, 0) is 17.8 Å². The molecule has 164 valence electrons. The SMILES string of the molecule is COc1ccc(CNC(=O)NC2CCC(C(=O)N[C@H]3CCc4ccccc43)CC2)cc1. The Morgan fingerprint density at radius 2 is 1.68 bits per heavy atom. The molecule has 6 nitrogen and oxygen atoms in total. The highest BCUT2D eigenvalue weighted by Gasteiger charge is 2.30. The fourth-order valence-corrected chi connectivity index (χ4v) is 4.66. The fraction of sp³-hybridized carbons (Fsp3) is 0.440. The van der Waals surface area contributed by atoms with E-state index in [1.165, 1.54) is 11.1 Å².